The van der Waals surface area contributed by atoms with E-state index >= 15 is 0 Å². The molecule has 0 spiro atoms. The van der Waals surface area contributed by atoms with E-state index in [1.54, 1.807) is 13.8 Å². The molecule has 1 fully saturated rings. The summed E-state index contributed by atoms with van der Waals surface area (Å²) in [6, 6.07) is 1.83. The van der Waals surface area contributed by atoms with Gasteiger partial charge in [-0.2, -0.15) is 5.26 Å². The SMILES string of the molecule is C=CCOC(=O)Oc1c(C)c2c(c3c1CC1[C@@H]4c5c(cc(C)c(O)c5O)C[C@H]([C@H](C#N)N1[C@H]3CNC(=O)OCC(C)(C)C)N4C)OCO2. The van der Waals surface area contributed by atoms with Crippen LogP contribution < -0.4 is 19.5 Å². The third-order valence-corrected chi connectivity index (χ3v) is 9.67. The summed E-state index contributed by atoms with van der Waals surface area (Å²) in [5.41, 5.74) is 3.49. The Labute approximate surface area is 279 Å². The quantitative estimate of drug-likeness (QED) is 0.170. The molecule has 4 aliphatic heterocycles. The van der Waals surface area contributed by atoms with Crippen LogP contribution in [0.25, 0.3) is 0 Å². The molecule has 4 heterocycles. The van der Waals surface area contributed by atoms with Crippen molar-refractivity contribution in [1.29, 1.82) is 5.26 Å². The maximum absolute atomic E-state index is 13.0. The standard InChI is InChI=1S/C35H42N4O9/c1-8-9-44-34(43)48-30-18(3)31-32(47-16-46-31)26-20(30)12-22-27-25-19(10-17(2)28(40)29(25)41)11-21(38(27)7)23(13-36)39(22)24(26)14-37-33(42)45-15-35(4,5)6/h8,10,21-24,27,40-41H,1,9,11-12,14-16H2,2-7H3,(H,37,42)/t21-,22?,23+,24+,27-/m1/s1. The topological polar surface area (TPSA) is 163 Å². The summed E-state index contributed by atoms with van der Waals surface area (Å²) in [5.74, 6) is 0.672. The van der Waals surface area contributed by atoms with Gasteiger partial charge < -0.3 is 39.2 Å². The summed E-state index contributed by atoms with van der Waals surface area (Å²) >= 11 is 0. The first kappa shape index (κ1) is 33.2. The molecular weight excluding hydrogens is 620 g/mol. The minimum absolute atomic E-state index is 0.0189. The van der Waals surface area contributed by atoms with Gasteiger partial charge in [0, 0.05) is 40.9 Å². The second-order valence-electron chi connectivity index (χ2n) is 14.0. The Morgan fingerprint density at radius 1 is 1.12 bits per heavy atom. The van der Waals surface area contributed by atoms with Gasteiger partial charge in [0.15, 0.2) is 23.0 Å². The number of phenols is 2. The van der Waals surface area contributed by atoms with Crippen LogP contribution in [0.5, 0.6) is 28.7 Å². The van der Waals surface area contributed by atoms with Gasteiger partial charge in [0.2, 0.25) is 6.79 Å². The average molecular weight is 663 g/mol. The number of carbonyl (C=O) groups is 2. The Bertz CT molecular complexity index is 1710. The summed E-state index contributed by atoms with van der Waals surface area (Å²) in [5, 5.41) is 36.0. The third kappa shape index (κ3) is 5.52. The molecule has 2 aromatic rings. The van der Waals surface area contributed by atoms with E-state index in [1.807, 2.05) is 33.9 Å². The summed E-state index contributed by atoms with van der Waals surface area (Å²) < 4.78 is 28.5. The maximum atomic E-state index is 13.0. The number of ether oxygens (including phenoxy) is 5. The summed E-state index contributed by atoms with van der Waals surface area (Å²) in [6.07, 6.45) is 0.592. The highest BCUT2D eigenvalue weighted by Crippen LogP contribution is 2.58. The van der Waals surface area contributed by atoms with Crippen LogP contribution in [-0.2, 0) is 22.3 Å². The highest BCUT2D eigenvalue weighted by molar-refractivity contribution is 5.72. The summed E-state index contributed by atoms with van der Waals surface area (Å²) in [4.78, 5) is 30.1. The van der Waals surface area contributed by atoms with Crippen LogP contribution in [0.1, 0.15) is 66.2 Å². The molecule has 48 heavy (non-hydrogen) atoms. The monoisotopic (exact) mass is 662 g/mol. The molecule has 13 heteroatoms. The molecule has 6 rings (SSSR count). The van der Waals surface area contributed by atoms with E-state index in [0.29, 0.717) is 45.7 Å². The average Bonchev–Trinajstić information content (AvgIpc) is 3.53. The molecule has 1 saturated heterocycles. The van der Waals surface area contributed by atoms with Crippen molar-refractivity contribution >= 4 is 12.2 Å². The fourth-order valence-corrected chi connectivity index (χ4v) is 7.67. The Morgan fingerprint density at radius 2 is 1.85 bits per heavy atom. The first-order valence-corrected chi connectivity index (χ1v) is 16.0. The molecule has 3 N–H and O–H groups in total. The van der Waals surface area contributed by atoms with Crippen LogP contribution in [-0.4, -0.2) is 84.0 Å². The number of piperazine rings is 1. The van der Waals surface area contributed by atoms with Gasteiger partial charge in [-0.15, -0.1) is 0 Å². The van der Waals surface area contributed by atoms with Gasteiger partial charge in [0.1, 0.15) is 18.4 Å². The van der Waals surface area contributed by atoms with E-state index in [2.05, 4.69) is 27.8 Å². The van der Waals surface area contributed by atoms with Gasteiger partial charge in [-0.05, 0) is 50.3 Å². The Balaban J connectivity index is 1.53. The normalized spacial score (nSPS) is 24.0. The van der Waals surface area contributed by atoms with E-state index < -0.39 is 36.4 Å². The van der Waals surface area contributed by atoms with Crippen molar-refractivity contribution in [3.05, 3.63) is 52.1 Å². The molecule has 13 nitrogen and oxygen atoms in total. The predicted octanol–water partition coefficient (Wildman–Crippen LogP) is 4.69. The highest BCUT2D eigenvalue weighted by Gasteiger charge is 2.57. The van der Waals surface area contributed by atoms with E-state index in [-0.39, 0.29) is 61.7 Å². The van der Waals surface area contributed by atoms with E-state index in [1.165, 1.54) is 6.08 Å². The Morgan fingerprint density at radius 3 is 2.54 bits per heavy atom. The molecule has 1 amide bonds. The summed E-state index contributed by atoms with van der Waals surface area (Å²) in [6.45, 7) is 13.0. The lowest BCUT2D eigenvalue weighted by molar-refractivity contribution is -0.0723. The number of nitriles is 1. The van der Waals surface area contributed by atoms with E-state index in [9.17, 15) is 25.1 Å². The molecule has 0 aromatic heterocycles. The van der Waals surface area contributed by atoms with Crippen LogP contribution in [0.3, 0.4) is 0 Å². The smallest absolute Gasteiger partial charge is 0.504 e. The molecule has 5 atom stereocenters. The van der Waals surface area contributed by atoms with E-state index in [4.69, 9.17) is 23.7 Å². The molecule has 0 radical (unpaired) electrons. The van der Waals surface area contributed by atoms with Crippen LogP contribution >= 0.6 is 0 Å². The Kier molecular flexibility index (Phi) is 8.59. The van der Waals surface area contributed by atoms with Gasteiger partial charge in [0.05, 0.1) is 24.8 Å². The van der Waals surface area contributed by atoms with Gasteiger partial charge in [0.25, 0.3) is 0 Å². The predicted molar refractivity (Wildman–Crippen MR) is 172 cm³/mol. The van der Waals surface area contributed by atoms with Gasteiger partial charge >= 0.3 is 12.2 Å². The molecular formula is C35H42N4O9. The zero-order chi connectivity index (χ0) is 34.7. The lowest BCUT2D eigenvalue weighted by Crippen LogP contribution is -2.68. The highest BCUT2D eigenvalue weighted by atomic mass is 16.7. The van der Waals surface area contributed by atoms with Crippen molar-refractivity contribution in [1.82, 2.24) is 15.1 Å². The minimum Gasteiger partial charge on any atom is -0.504 e. The van der Waals surface area contributed by atoms with Crippen molar-refractivity contribution in [3.63, 3.8) is 0 Å². The zero-order valence-electron chi connectivity index (χ0n) is 28.1. The fourth-order valence-electron chi connectivity index (χ4n) is 7.67. The number of nitrogens with one attached hydrogen (secondary N) is 1. The van der Waals surface area contributed by atoms with Crippen LogP contribution in [0.15, 0.2) is 18.7 Å². The maximum Gasteiger partial charge on any atom is 0.514 e. The van der Waals surface area contributed by atoms with Gasteiger partial charge in [-0.25, -0.2) is 9.59 Å². The largest absolute Gasteiger partial charge is 0.514 e. The number of hydrogen-bond donors (Lipinski definition) is 3. The second kappa shape index (κ2) is 12.4. The first-order chi connectivity index (χ1) is 22.8. The molecule has 2 aromatic carbocycles. The Hall–Kier alpha value is -4.67. The molecule has 0 aliphatic carbocycles. The lowest BCUT2D eigenvalue weighted by Gasteiger charge is -2.60. The first-order valence-electron chi connectivity index (χ1n) is 16.0. The number of aromatic hydroxyl groups is 2. The van der Waals surface area contributed by atoms with Crippen LogP contribution in [0, 0.1) is 30.6 Å². The number of likely N-dealkylation sites (N-methyl/N-ethyl adjacent to an activating group) is 1. The van der Waals surface area contributed by atoms with Crippen molar-refractivity contribution in [3.8, 4) is 34.8 Å². The second-order valence-corrected chi connectivity index (χ2v) is 14.0. The molecule has 256 valence electrons. The van der Waals surface area contributed by atoms with Gasteiger partial charge in [-0.1, -0.05) is 39.5 Å². The number of alkyl carbamates (subject to hydrolysis) is 1. The minimum atomic E-state index is -0.932. The number of hydrogen-bond acceptors (Lipinski definition) is 12. The number of amides is 1. The van der Waals surface area contributed by atoms with Crippen molar-refractivity contribution in [2.75, 3.05) is 33.6 Å². The van der Waals surface area contributed by atoms with Crippen molar-refractivity contribution in [2.24, 2.45) is 5.41 Å². The van der Waals surface area contributed by atoms with Crippen molar-refractivity contribution < 1.29 is 43.5 Å². The molecule has 2 bridgehead atoms. The number of fused-ring (bicyclic) bond motifs is 9. The van der Waals surface area contributed by atoms with E-state index in [0.717, 1.165) is 5.56 Å². The van der Waals surface area contributed by atoms with Crippen LogP contribution in [0.4, 0.5) is 9.59 Å². The molecule has 1 unspecified atom stereocenters. The molecule has 4 aliphatic rings. The fraction of sp³-hybridized carbons (Fsp3) is 0.514. The van der Waals surface area contributed by atoms with Crippen LogP contribution in [0.2, 0.25) is 0 Å². The molecule has 0 saturated carbocycles. The number of aryl methyl sites for hydroxylation is 1. The number of benzene rings is 2. The van der Waals surface area contributed by atoms with Gasteiger partial charge in [-0.3, -0.25) is 9.80 Å². The third-order valence-electron chi connectivity index (χ3n) is 9.67. The number of carbonyl (C=O) groups excluding carboxylic acids is 2. The number of phenolic OH excluding ortho intramolecular Hbond substituents is 2. The lowest BCUT2D eigenvalue weighted by atomic mass is 9.71. The zero-order valence-corrected chi connectivity index (χ0v) is 28.1. The summed E-state index contributed by atoms with van der Waals surface area (Å²) in [7, 11) is 1.91. The van der Waals surface area contributed by atoms with Crippen molar-refractivity contribution in [2.45, 2.75) is 77.7 Å². The number of nitrogens with zero attached hydrogens (tertiary/aromatic N) is 3. The number of rotatable bonds is 6.